The van der Waals surface area contributed by atoms with Crippen LogP contribution in [0.3, 0.4) is 0 Å². The molecule has 0 spiro atoms. The third-order valence-corrected chi connectivity index (χ3v) is 2.64. The van der Waals surface area contributed by atoms with Gasteiger partial charge in [-0.15, -0.1) is 0 Å². The fraction of sp³-hybridized carbons (Fsp3) is 0.333. The first-order valence-corrected chi connectivity index (χ1v) is 5.16. The highest BCUT2D eigenvalue weighted by Gasteiger charge is 2.09. The molecule has 0 unspecified atom stereocenters. The van der Waals surface area contributed by atoms with Crippen LogP contribution in [-0.2, 0) is 0 Å². The molecule has 0 radical (unpaired) electrons. The van der Waals surface area contributed by atoms with E-state index in [0.717, 1.165) is 18.4 Å². The van der Waals surface area contributed by atoms with Crippen LogP contribution in [0.5, 0.6) is 0 Å². The Bertz CT molecular complexity index is 410. The summed E-state index contributed by atoms with van der Waals surface area (Å²) in [5.41, 5.74) is 2.38. The molecule has 3 nitrogen and oxygen atoms in total. The van der Waals surface area contributed by atoms with Crippen LogP contribution in [0.1, 0.15) is 41.7 Å². The van der Waals surface area contributed by atoms with Crippen LogP contribution in [0.2, 0.25) is 0 Å². The zero-order valence-electron chi connectivity index (χ0n) is 8.44. The Hall–Kier alpha value is -1.64. The van der Waals surface area contributed by atoms with E-state index in [0.29, 0.717) is 0 Å². The number of carboxylic acid groups (broad SMARTS) is 1. The molecule has 0 amide bonds. The maximum Gasteiger partial charge on any atom is 0.354 e. The van der Waals surface area contributed by atoms with Crippen molar-refractivity contribution in [2.75, 3.05) is 0 Å². The van der Waals surface area contributed by atoms with Gasteiger partial charge < -0.3 is 5.11 Å². The fourth-order valence-electron chi connectivity index (χ4n) is 1.85. The second kappa shape index (κ2) is 4.26. The van der Waals surface area contributed by atoms with E-state index >= 15 is 0 Å². The minimum Gasteiger partial charge on any atom is -0.477 e. The lowest BCUT2D eigenvalue weighted by atomic mass is 9.94. The molecule has 1 aliphatic rings. The van der Waals surface area contributed by atoms with Crippen LogP contribution >= 0.6 is 0 Å². The van der Waals surface area contributed by atoms with Gasteiger partial charge in [-0.2, -0.15) is 0 Å². The number of aromatic carboxylic acids is 1. The van der Waals surface area contributed by atoms with Crippen molar-refractivity contribution in [2.24, 2.45) is 0 Å². The zero-order chi connectivity index (χ0) is 10.7. The molecule has 1 aliphatic carbocycles. The molecule has 0 aromatic carbocycles. The predicted octanol–water partition coefficient (Wildman–Crippen LogP) is 2.74. The van der Waals surface area contributed by atoms with Gasteiger partial charge in [0.15, 0.2) is 0 Å². The lowest BCUT2D eigenvalue weighted by Gasteiger charge is -2.12. The number of aromatic nitrogens is 1. The number of pyridine rings is 1. The molecule has 78 valence electrons. The Labute approximate surface area is 88.5 Å². The van der Waals surface area contributed by atoms with Crippen molar-refractivity contribution in [3.05, 3.63) is 35.7 Å². The van der Waals surface area contributed by atoms with Gasteiger partial charge in [0.1, 0.15) is 5.69 Å². The number of hydrogen-bond acceptors (Lipinski definition) is 2. The summed E-state index contributed by atoms with van der Waals surface area (Å²) >= 11 is 0. The smallest absolute Gasteiger partial charge is 0.354 e. The Morgan fingerprint density at radius 2 is 2.27 bits per heavy atom. The fourth-order valence-corrected chi connectivity index (χ4v) is 1.85. The van der Waals surface area contributed by atoms with Crippen molar-refractivity contribution < 1.29 is 9.90 Å². The average Bonchev–Trinajstić information content (AvgIpc) is 2.30. The SMILES string of the molecule is O=C(O)c1cc(C2=CCCCC2)ccn1. The Morgan fingerprint density at radius 1 is 1.40 bits per heavy atom. The molecule has 1 aromatic rings. The van der Waals surface area contributed by atoms with Crippen molar-refractivity contribution in [3.63, 3.8) is 0 Å². The number of nitrogens with zero attached hydrogens (tertiary/aromatic N) is 1. The van der Waals surface area contributed by atoms with E-state index < -0.39 is 5.97 Å². The molecular formula is C12H13NO2. The third kappa shape index (κ3) is 2.24. The highest BCUT2D eigenvalue weighted by Crippen LogP contribution is 2.26. The molecule has 0 bridgehead atoms. The number of rotatable bonds is 2. The van der Waals surface area contributed by atoms with Crippen LogP contribution < -0.4 is 0 Å². The Balaban J connectivity index is 2.31. The van der Waals surface area contributed by atoms with Gasteiger partial charge in [-0.1, -0.05) is 6.08 Å². The molecular weight excluding hydrogens is 190 g/mol. The van der Waals surface area contributed by atoms with Gasteiger partial charge >= 0.3 is 5.97 Å². The van der Waals surface area contributed by atoms with E-state index in [9.17, 15) is 4.79 Å². The summed E-state index contributed by atoms with van der Waals surface area (Å²) in [4.78, 5) is 14.6. The van der Waals surface area contributed by atoms with Gasteiger partial charge in [-0.25, -0.2) is 9.78 Å². The summed E-state index contributed by atoms with van der Waals surface area (Å²) in [7, 11) is 0. The normalized spacial score (nSPS) is 15.9. The van der Waals surface area contributed by atoms with Crippen molar-refractivity contribution in [2.45, 2.75) is 25.7 Å². The van der Waals surface area contributed by atoms with Gasteiger partial charge in [0.2, 0.25) is 0 Å². The van der Waals surface area contributed by atoms with E-state index in [1.54, 1.807) is 12.3 Å². The summed E-state index contributed by atoms with van der Waals surface area (Å²) in [6.45, 7) is 0. The first-order chi connectivity index (χ1) is 7.27. The van der Waals surface area contributed by atoms with E-state index in [2.05, 4.69) is 11.1 Å². The molecule has 0 atom stereocenters. The van der Waals surface area contributed by atoms with Gasteiger partial charge in [-0.3, -0.25) is 0 Å². The van der Waals surface area contributed by atoms with Crippen LogP contribution in [0, 0.1) is 0 Å². The first kappa shape index (κ1) is 9.90. The second-order valence-corrected chi connectivity index (χ2v) is 3.71. The number of carboxylic acids is 1. The van der Waals surface area contributed by atoms with Gasteiger partial charge in [-0.05, 0) is 49.0 Å². The number of carbonyl (C=O) groups is 1. The molecule has 1 N–H and O–H groups in total. The molecule has 0 fully saturated rings. The van der Waals surface area contributed by atoms with E-state index in [1.807, 2.05) is 6.07 Å². The summed E-state index contributed by atoms with van der Waals surface area (Å²) in [6.07, 6.45) is 8.33. The van der Waals surface area contributed by atoms with Crippen LogP contribution in [0.15, 0.2) is 24.4 Å². The standard InChI is InChI=1S/C12H13NO2/c14-12(15)11-8-10(6-7-13-11)9-4-2-1-3-5-9/h4,6-8H,1-3,5H2,(H,14,15). The van der Waals surface area contributed by atoms with Crippen molar-refractivity contribution in [1.82, 2.24) is 4.98 Å². The number of hydrogen-bond donors (Lipinski definition) is 1. The summed E-state index contributed by atoms with van der Waals surface area (Å²) in [5.74, 6) is -0.965. The van der Waals surface area contributed by atoms with Crippen molar-refractivity contribution >= 4 is 11.5 Å². The zero-order valence-corrected chi connectivity index (χ0v) is 8.44. The topological polar surface area (TPSA) is 50.2 Å². The largest absolute Gasteiger partial charge is 0.477 e. The predicted molar refractivity (Wildman–Crippen MR) is 57.6 cm³/mol. The van der Waals surface area contributed by atoms with Crippen LogP contribution in [0.25, 0.3) is 5.57 Å². The van der Waals surface area contributed by atoms with E-state index in [-0.39, 0.29) is 5.69 Å². The van der Waals surface area contributed by atoms with Crippen LogP contribution in [-0.4, -0.2) is 16.1 Å². The molecule has 2 rings (SSSR count). The third-order valence-electron chi connectivity index (χ3n) is 2.64. The Morgan fingerprint density at radius 3 is 2.93 bits per heavy atom. The van der Waals surface area contributed by atoms with Crippen molar-refractivity contribution in [3.8, 4) is 0 Å². The van der Waals surface area contributed by atoms with E-state index in [1.165, 1.54) is 18.4 Å². The lowest BCUT2D eigenvalue weighted by Crippen LogP contribution is -2.01. The second-order valence-electron chi connectivity index (χ2n) is 3.71. The minimum absolute atomic E-state index is 0.124. The Kier molecular flexibility index (Phi) is 2.81. The van der Waals surface area contributed by atoms with Crippen molar-refractivity contribution in [1.29, 1.82) is 0 Å². The number of allylic oxidation sites excluding steroid dienone is 2. The molecule has 0 saturated heterocycles. The average molecular weight is 203 g/mol. The lowest BCUT2D eigenvalue weighted by molar-refractivity contribution is 0.0690. The summed E-state index contributed by atoms with van der Waals surface area (Å²) in [6, 6.07) is 3.53. The molecule has 1 heterocycles. The first-order valence-electron chi connectivity index (χ1n) is 5.16. The summed E-state index contributed by atoms with van der Waals surface area (Å²) < 4.78 is 0. The van der Waals surface area contributed by atoms with Gasteiger partial charge in [0.25, 0.3) is 0 Å². The molecule has 1 aromatic heterocycles. The quantitative estimate of drug-likeness (QED) is 0.804. The van der Waals surface area contributed by atoms with Gasteiger partial charge in [0.05, 0.1) is 0 Å². The monoisotopic (exact) mass is 203 g/mol. The molecule has 15 heavy (non-hydrogen) atoms. The maximum atomic E-state index is 10.8. The maximum absolute atomic E-state index is 10.8. The molecule has 0 aliphatic heterocycles. The highest BCUT2D eigenvalue weighted by molar-refractivity contribution is 5.86. The molecule has 3 heteroatoms. The van der Waals surface area contributed by atoms with E-state index in [4.69, 9.17) is 5.11 Å². The van der Waals surface area contributed by atoms with Gasteiger partial charge in [0, 0.05) is 6.20 Å². The van der Waals surface area contributed by atoms with Crippen LogP contribution in [0.4, 0.5) is 0 Å². The molecule has 0 saturated carbocycles. The minimum atomic E-state index is -0.965. The summed E-state index contributed by atoms with van der Waals surface area (Å²) in [5, 5.41) is 8.83. The highest BCUT2D eigenvalue weighted by atomic mass is 16.4.